The Morgan fingerprint density at radius 3 is 2.28 bits per heavy atom. The van der Waals surface area contributed by atoms with Gasteiger partial charge in [-0.1, -0.05) is 12.8 Å². The molecule has 1 aliphatic heterocycles. The highest BCUT2D eigenvalue weighted by Gasteiger charge is 2.31. The van der Waals surface area contributed by atoms with Crippen LogP contribution in [0, 0.1) is 5.92 Å². The first-order valence-electron chi connectivity index (χ1n) is 6.49. The Labute approximate surface area is 107 Å². The standard InChI is InChI=1S/C12H21N3O3/c1-18-12(17)15-6-4-14(5-7-15)11(16)10(13)8-9-2-3-9/h9-10H,2-8,13H2,1H3. The number of rotatable bonds is 3. The number of nitrogens with two attached hydrogens (primary N) is 1. The zero-order valence-corrected chi connectivity index (χ0v) is 10.8. The lowest BCUT2D eigenvalue weighted by Crippen LogP contribution is -2.54. The van der Waals surface area contributed by atoms with Crippen LogP contribution in [0.3, 0.4) is 0 Å². The lowest BCUT2D eigenvalue weighted by atomic mass is 10.1. The third-order valence-electron chi connectivity index (χ3n) is 3.63. The Balaban J connectivity index is 1.77. The van der Waals surface area contributed by atoms with Gasteiger partial charge in [-0.15, -0.1) is 0 Å². The van der Waals surface area contributed by atoms with Gasteiger partial charge < -0.3 is 20.3 Å². The summed E-state index contributed by atoms with van der Waals surface area (Å²) in [6, 6.07) is -0.373. The van der Waals surface area contributed by atoms with Gasteiger partial charge in [0.05, 0.1) is 13.2 Å². The minimum Gasteiger partial charge on any atom is -0.453 e. The highest BCUT2D eigenvalue weighted by atomic mass is 16.5. The molecule has 0 radical (unpaired) electrons. The van der Waals surface area contributed by atoms with Gasteiger partial charge >= 0.3 is 6.09 Å². The molecular weight excluding hydrogens is 234 g/mol. The number of methoxy groups -OCH3 is 1. The zero-order chi connectivity index (χ0) is 13.1. The molecule has 6 heteroatoms. The minimum atomic E-state index is -0.373. The third kappa shape index (κ3) is 3.13. The van der Waals surface area contributed by atoms with Gasteiger partial charge in [0.1, 0.15) is 0 Å². The van der Waals surface area contributed by atoms with Crippen LogP contribution in [0.15, 0.2) is 0 Å². The second-order valence-corrected chi connectivity index (χ2v) is 5.07. The van der Waals surface area contributed by atoms with Crippen molar-refractivity contribution in [2.24, 2.45) is 11.7 Å². The molecule has 1 aliphatic carbocycles. The van der Waals surface area contributed by atoms with Crippen molar-refractivity contribution in [1.29, 1.82) is 0 Å². The van der Waals surface area contributed by atoms with Crippen molar-refractivity contribution >= 4 is 12.0 Å². The van der Waals surface area contributed by atoms with Gasteiger partial charge in [-0.25, -0.2) is 4.79 Å². The van der Waals surface area contributed by atoms with E-state index in [-0.39, 0.29) is 18.0 Å². The first kappa shape index (κ1) is 13.1. The van der Waals surface area contributed by atoms with E-state index in [4.69, 9.17) is 5.73 Å². The van der Waals surface area contributed by atoms with Gasteiger partial charge in [-0.3, -0.25) is 4.79 Å². The first-order valence-corrected chi connectivity index (χ1v) is 6.49. The fraction of sp³-hybridized carbons (Fsp3) is 0.833. The van der Waals surface area contributed by atoms with Gasteiger partial charge in [-0.2, -0.15) is 0 Å². The Morgan fingerprint density at radius 2 is 1.78 bits per heavy atom. The Morgan fingerprint density at radius 1 is 1.22 bits per heavy atom. The molecule has 1 atom stereocenters. The molecule has 1 heterocycles. The van der Waals surface area contributed by atoms with E-state index in [9.17, 15) is 9.59 Å². The summed E-state index contributed by atoms with van der Waals surface area (Å²) in [4.78, 5) is 26.7. The van der Waals surface area contributed by atoms with Crippen molar-refractivity contribution < 1.29 is 14.3 Å². The quantitative estimate of drug-likeness (QED) is 0.771. The van der Waals surface area contributed by atoms with E-state index in [0.717, 1.165) is 6.42 Å². The first-order chi connectivity index (χ1) is 8.61. The SMILES string of the molecule is COC(=O)N1CCN(C(=O)C(N)CC2CC2)CC1. The summed E-state index contributed by atoms with van der Waals surface area (Å²) in [6.45, 7) is 2.14. The highest BCUT2D eigenvalue weighted by molar-refractivity contribution is 5.82. The summed E-state index contributed by atoms with van der Waals surface area (Å²) in [5, 5.41) is 0. The largest absolute Gasteiger partial charge is 0.453 e. The van der Waals surface area contributed by atoms with Crippen LogP contribution >= 0.6 is 0 Å². The van der Waals surface area contributed by atoms with Crippen LogP contribution < -0.4 is 5.73 Å². The van der Waals surface area contributed by atoms with E-state index in [0.29, 0.717) is 32.1 Å². The predicted molar refractivity (Wildman–Crippen MR) is 65.9 cm³/mol. The van der Waals surface area contributed by atoms with Crippen molar-refractivity contribution in [3.05, 3.63) is 0 Å². The molecule has 1 saturated carbocycles. The number of hydrogen-bond acceptors (Lipinski definition) is 4. The predicted octanol–water partition coefficient (Wildman–Crippen LogP) is 0.0244. The van der Waals surface area contributed by atoms with Crippen molar-refractivity contribution in [3.63, 3.8) is 0 Å². The Kier molecular flexibility index (Phi) is 4.06. The Hall–Kier alpha value is -1.30. The summed E-state index contributed by atoms with van der Waals surface area (Å²) in [6.07, 6.45) is 2.88. The topological polar surface area (TPSA) is 75.9 Å². The fourth-order valence-electron chi connectivity index (χ4n) is 2.29. The number of nitrogens with zero attached hydrogens (tertiary/aromatic N) is 2. The minimum absolute atomic E-state index is 0.0198. The van der Waals surface area contributed by atoms with Gasteiger partial charge in [0.25, 0.3) is 0 Å². The summed E-state index contributed by atoms with van der Waals surface area (Å²) in [5.74, 6) is 0.673. The molecule has 1 unspecified atom stereocenters. The molecule has 0 aromatic heterocycles. The van der Waals surface area contributed by atoms with Crippen LogP contribution in [0.25, 0.3) is 0 Å². The smallest absolute Gasteiger partial charge is 0.409 e. The van der Waals surface area contributed by atoms with E-state index in [1.54, 1.807) is 9.80 Å². The maximum atomic E-state index is 12.1. The number of carbonyl (C=O) groups is 2. The fourth-order valence-corrected chi connectivity index (χ4v) is 2.29. The summed E-state index contributed by atoms with van der Waals surface area (Å²) >= 11 is 0. The van der Waals surface area contributed by atoms with Crippen LogP contribution in [0.1, 0.15) is 19.3 Å². The number of ether oxygens (including phenoxy) is 1. The lowest BCUT2D eigenvalue weighted by Gasteiger charge is -2.35. The maximum Gasteiger partial charge on any atom is 0.409 e. The molecule has 2 aliphatic rings. The summed E-state index contributed by atoms with van der Waals surface area (Å²) < 4.78 is 4.65. The van der Waals surface area contributed by atoms with Crippen LogP contribution in [0.2, 0.25) is 0 Å². The molecule has 2 rings (SSSR count). The van der Waals surface area contributed by atoms with Crippen molar-refractivity contribution in [2.45, 2.75) is 25.3 Å². The van der Waals surface area contributed by atoms with Gasteiger partial charge in [-0.05, 0) is 12.3 Å². The molecular formula is C12H21N3O3. The molecule has 2 amide bonds. The average Bonchev–Trinajstić information content (AvgIpc) is 3.21. The van der Waals surface area contributed by atoms with E-state index in [2.05, 4.69) is 4.74 Å². The molecule has 0 aromatic carbocycles. The van der Waals surface area contributed by atoms with Crippen LogP contribution in [0.5, 0.6) is 0 Å². The molecule has 2 fully saturated rings. The van der Waals surface area contributed by atoms with Crippen molar-refractivity contribution in [3.8, 4) is 0 Å². The molecule has 0 spiro atoms. The normalized spacial score (nSPS) is 21.7. The van der Waals surface area contributed by atoms with E-state index in [1.807, 2.05) is 0 Å². The van der Waals surface area contributed by atoms with Gasteiger partial charge in [0, 0.05) is 26.2 Å². The third-order valence-corrected chi connectivity index (χ3v) is 3.63. The molecule has 6 nitrogen and oxygen atoms in total. The second-order valence-electron chi connectivity index (χ2n) is 5.07. The van der Waals surface area contributed by atoms with Crippen molar-refractivity contribution in [2.75, 3.05) is 33.3 Å². The van der Waals surface area contributed by atoms with Crippen LogP contribution in [0.4, 0.5) is 4.79 Å². The van der Waals surface area contributed by atoms with Crippen LogP contribution in [-0.4, -0.2) is 61.1 Å². The molecule has 18 heavy (non-hydrogen) atoms. The number of piperazine rings is 1. The van der Waals surface area contributed by atoms with Gasteiger partial charge in [0.2, 0.25) is 5.91 Å². The van der Waals surface area contributed by atoms with E-state index < -0.39 is 0 Å². The lowest BCUT2D eigenvalue weighted by molar-refractivity contribution is -0.134. The van der Waals surface area contributed by atoms with E-state index >= 15 is 0 Å². The molecule has 102 valence electrons. The molecule has 2 N–H and O–H groups in total. The summed E-state index contributed by atoms with van der Waals surface area (Å²) in [7, 11) is 1.37. The Bertz CT molecular complexity index is 323. The van der Waals surface area contributed by atoms with Crippen LogP contribution in [-0.2, 0) is 9.53 Å². The maximum absolute atomic E-state index is 12.1. The average molecular weight is 255 g/mol. The molecule has 1 saturated heterocycles. The number of hydrogen-bond donors (Lipinski definition) is 1. The molecule has 0 bridgehead atoms. The summed E-state index contributed by atoms with van der Waals surface area (Å²) in [5.41, 5.74) is 5.91. The highest BCUT2D eigenvalue weighted by Crippen LogP contribution is 2.33. The number of carbonyl (C=O) groups excluding carboxylic acids is 2. The second kappa shape index (κ2) is 5.56. The molecule has 0 aromatic rings. The van der Waals surface area contributed by atoms with E-state index in [1.165, 1.54) is 20.0 Å². The monoisotopic (exact) mass is 255 g/mol. The van der Waals surface area contributed by atoms with Gasteiger partial charge in [0.15, 0.2) is 0 Å². The number of amides is 2. The zero-order valence-electron chi connectivity index (χ0n) is 10.8. The van der Waals surface area contributed by atoms with Crippen molar-refractivity contribution in [1.82, 2.24) is 9.80 Å².